The summed E-state index contributed by atoms with van der Waals surface area (Å²) in [5.74, 6) is 1.63. The van der Waals surface area contributed by atoms with Crippen LogP contribution in [0, 0.1) is 0 Å². The molecule has 1 aromatic rings. The summed E-state index contributed by atoms with van der Waals surface area (Å²) in [6, 6.07) is 0. The molecule has 0 amide bonds. The summed E-state index contributed by atoms with van der Waals surface area (Å²) >= 11 is 0. The van der Waals surface area contributed by atoms with Gasteiger partial charge in [-0.1, -0.05) is 226 Å². The van der Waals surface area contributed by atoms with E-state index >= 15 is 0 Å². The van der Waals surface area contributed by atoms with Gasteiger partial charge in [0.1, 0.15) is 12.4 Å². The zero-order valence-corrected chi connectivity index (χ0v) is 33.8. The van der Waals surface area contributed by atoms with E-state index in [-0.39, 0.29) is 0 Å². The van der Waals surface area contributed by atoms with E-state index in [1.165, 1.54) is 257 Å². The van der Waals surface area contributed by atoms with E-state index < -0.39 is 0 Å². The van der Waals surface area contributed by atoms with Gasteiger partial charge in [0.2, 0.25) is 0 Å². The Balaban J connectivity index is 2.28. The Hall–Kier alpha value is -0.790. The fourth-order valence-corrected chi connectivity index (χ4v) is 7.74. The van der Waals surface area contributed by atoms with E-state index in [0.717, 1.165) is 0 Å². The lowest BCUT2D eigenvalue weighted by molar-refractivity contribution is -0.704. The Morgan fingerprint density at radius 1 is 0.354 bits per heavy atom. The maximum absolute atomic E-state index is 2.65. The molecule has 0 N–H and O–H groups in total. The number of rotatable bonds is 40. The van der Waals surface area contributed by atoms with E-state index in [1.807, 2.05) is 0 Å². The first-order chi connectivity index (χ1) is 23.8. The summed E-state index contributed by atoms with van der Waals surface area (Å²) in [7, 11) is 0. The lowest BCUT2D eigenvalue weighted by Gasteiger charge is -2.07. The first-order valence-electron chi connectivity index (χ1n) is 22.9. The van der Waals surface area contributed by atoms with Gasteiger partial charge in [0, 0.05) is 6.42 Å². The Morgan fingerprint density at radius 3 is 1.00 bits per heavy atom. The molecule has 2 nitrogen and oxygen atoms in total. The maximum Gasteiger partial charge on any atom is 0.256 e. The SMILES string of the molecule is CCCCCCCCCCCCCCCCc1n(CCCCCCCCCCCCC)cc[n+]1CCCCCCCCCCCCCC. The molecule has 48 heavy (non-hydrogen) atoms. The highest BCUT2D eigenvalue weighted by Crippen LogP contribution is 2.16. The van der Waals surface area contributed by atoms with Crippen molar-refractivity contribution < 1.29 is 4.57 Å². The summed E-state index contributed by atoms with van der Waals surface area (Å²) in [4.78, 5) is 0. The van der Waals surface area contributed by atoms with Gasteiger partial charge in [-0.3, -0.25) is 0 Å². The predicted octanol–water partition coefficient (Wildman–Crippen LogP) is 15.8. The summed E-state index contributed by atoms with van der Waals surface area (Å²) in [6.45, 7) is 9.41. The Kier molecular flexibility index (Phi) is 35.3. The number of aromatic nitrogens is 2. The molecule has 0 atom stereocenters. The van der Waals surface area contributed by atoms with Gasteiger partial charge in [0.25, 0.3) is 5.82 Å². The molecule has 0 fully saturated rings. The molecule has 1 rings (SSSR count). The van der Waals surface area contributed by atoms with Gasteiger partial charge in [0.15, 0.2) is 0 Å². The molecule has 0 radical (unpaired) electrons. The van der Waals surface area contributed by atoms with Crippen LogP contribution in [0.15, 0.2) is 12.4 Å². The molecule has 0 bridgehead atoms. The molecular weight excluding hydrogens is 581 g/mol. The number of nitrogens with zero attached hydrogens (tertiary/aromatic N) is 2. The minimum Gasteiger partial charge on any atom is -0.234 e. The summed E-state index contributed by atoms with van der Waals surface area (Å²) in [6.07, 6.45) is 59.3. The smallest absolute Gasteiger partial charge is 0.234 e. The number of unbranched alkanes of at least 4 members (excludes halogenated alkanes) is 34. The molecule has 0 aliphatic heterocycles. The highest BCUT2D eigenvalue weighted by Gasteiger charge is 2.16. The molecule has 0 aliphatic carbocycles. The molecule has 0 unspecified atom stereocenters. The molecular formula is C46H91N2+. The monoisotopic (exact) mass is 672 g/mol. The van der Waals surface area contributed by atoms with Gasteiger partial charge in [-0.15, -0.1) is 0 Å². The number of imidazole rings is 1. The van der Waals surface area contributed by atoms with Crippen LogP contribution in [0.25, 0.3) is 0 Å². The van der Waals surface area contributed by atoms with Crippen molar-refractivity contribution in [2.24, 2.45) is 0 Å². The van der Waals surface area contributed by atoms with Crippen LogP contribution in [0.2, 0.25) is 0 Å². The maximum atomic E-state index is 2.65. The molecule has 1 heterocycles. The predicted molar refractivity (Wildman–Crippen MR) is 216 cm³/mol. The highest BCUT2D eigenvalue weighted by atomic mass is 15.1. The molecule has 0 saturated carbocycles. The van der Waals surface area contributed by atoms with Gasteiger partial charge in [0.05, 0.1) is 13.1 Å². The second-order valence-electron chi connectivity index (χ2n) is 15.9. The van der Waals surface area contributed by atoms with Crippen molar-refractivity contribution >= 4 is 0 Å². The Labute approximate surface area is 304 Å². The first kappa shape index (κ1) is 45.2. The first-order valence-corrected chi connectivity index (χ1v) is 22.9. The van der Waals surface area contributed by atoms with Gasteiger partial charge >= 0.3 is 0 Å². The number of hydrogen-bond acceptors (Lipinski definition) is 0. The topological polar surface area (TPSA) is 8.81 Å². The second-order valence-corrected chi connectivity index (χ2v) is 15.9. The van der Waals surface area contributed by atoms with Crippen LogP contribution in [-0.4, -0.2) is 4.57 Å². The number of hydrogen-bond donors (Lipinski definition) is 0. The molecule has 0 saturated heterocycles. The van der Waals surface area contributed by atoms with Crippen molar-refractivity contribution in [1.29, 1.82) is 0 Å². The normalized spacial score (nSPS) is 11.6. The Morgan fingerprint density at radius 2 is 0.646 bits per heavy atom. The van der Waals surface area contributed by atoms with E-state index in [4.69, 9.17) is 0 Å². The van der Waals surface area contributed by atoms with E-state index in [9.17, 15) is 0 Å². The highest BCUT2D eigenvalue weighted by molar-refractivity contribution is 4.84. The van der Waals surface area contributed by atoms with Gasteiger partial charge in [-0.2, -0.15) is 0 Å². The van der Waals surface area contributed by atoms with Crippen LogP contribution in [0.1, 0.15) is 264 Å². The minimum absolute atomic E-state index is 1.23. The van der Waals surface area contributed by atoms with E-state index in [2.05, 4.69) is 42.3 Å². The van der Waals surface area contributed by atoms with Gasteiger partial charge in [-0.25, -0.2) is 9.13 Å². The fraction of sp³-hybridized carbons (Fsp3) is 0.935. The molecule has 2 heteroatoms. The van der Waals surface area contributed by atoms with Crippen LogP contribution < -0.4 is 4.57 Å². The van der Waals surface area contributed by atoms with Crippen molar-refractivity contribution in [2.45, 2.75) is 278 Å². The standard InChI is InChI=1S/C46H91N2/c1-4-7-10-13-16-19-22-24-25-26-29-32-35-38-41-46-47(42-39-36-33-30-27-21-18-15-12-9-6-3)44-45-48(46)43-40-37-34-31-28-23-20-17-14-11-8-5-2/h44-45H,4-43H2,1-3H3/q+1. The summed E-state index contributed by atoms with van der Waals surface area (Å²) in [5.41, 5.74) is 0. The zero-order chi connectivity index (χ0) is 34.4. The van der Waals surface area contributed by atoms with Gasteiger partial charge in [-0.05, 0) is 32.1 Å². The summed E-state index contributed by atoms with van der Waals surface area (Å²) < 4.78 is 5.30. The van der Waals surface area contributed by atoms with Crippen LogP contribution in [0.5, 0.6) is 0 Å². The lowest BCUT2D eigenvalue weighted by Crippen LogP contribution is -2.37. The van der Waals surface area contributed by atoms with Crippen LogP contribution >= 0.6 is 0 Å². The van der Waals surface area contributed by atoms with Gasteiger partial charge < -0.3 is 0 Å². The van der Waals surface area contributed by atoms with Crippen molar-refractivity contribution in [2.75, 3.05) is 0 Å². The minimum atomic E-state index is 1.23. The average molecular weight is 672 g/mol. The Bertz CT molecular complexity index is 736. The average Bonchev–Trinajstić information content (AvgIpc) is 3.48. The third kappa shape index (κ3) is 29.0. The molecule has 1 aromatic heterocycles. The third-order valence-electron chi connectivity index (χ3n) is 11.1. The number of aryl methyl sites for hydroxylation is 2. The summed E-state index contributed by atoms with van der Waals surface area (Å²) in [5, 5.41) is 0. The fourth-order valence-electron chi connectivity index (χ4n) is 7.74. The molecule has 0 spiro atoms. The van der Waals surface area contributed by atoms with Crippen molar-refractivity contribution in [3.05, 3.63) is 18.2 Å². The van der Waals surface area contributed by atoms with Crippen molar-refractivity contribution in [3.63, 3.8) is 0 Å². The van der Waals surface area contributed by atoms with Crippen LogP contribution in [-0.2, 0) is 19.5 Å². The third-order valence-corrected chi connectivity index (χ3v) is 11.1. The zero-order valence-electron chi connectivity index (χ0n) is 33.8. The van der Waals surface area contributed by atoms with Crippen LogP contribution in [0.3, 0.4) is 0 Å². The quantitative estimate of drug-likeness (QED) is 0.0485. The largest absolute Gasteiger partial charge is 0.256 e. The second kappa shape index (κ2) is 37.5. The van der Waals surface area contributed by atoms with Crippen LogP contribution in [0.4, 0.5) is 0 Å². The molecule has 284 valence electrons. The lowest BCUT2D eigenvalue weighted by atomic mass is 10.0. The van der Waals surface area contributed by atoms with E-state index in [1.54, 1.807) is 5.82 Å². The van der Waals surface area contributed by atoms with Crippen molar-refractivity contribution in [1.82, 2.24) is 4.57 Å². The molecule has 0 aliphatic rings. The molecule has 0 aromatic carbocycles. The van der Waals surface area contributed by atoms with E-state index in [0.29, 0.717) is 0 Å². The van der Waals surface area contributed by atoms with Crippen molar-refractivity contribution in [3.8, 4) is 0 Å².